The summed E-state index contributed by atoms with van der Waals surface area (Å²) in [6, 6.07) is 17.6. The molecule has 0 spiro atoms. The minimum Gasteiger partial charge on any atom is -0.399 e. The Morgan fingerprint density at radius 2 is 1.95 bits per heavy atom. The average Bonchev–Trinajstić information content (AvgIpc) is 2.55. The van der Waals surface area contributed by atoms with E-state index in [1.807, 2.05) is 47.0 Å². The first-order valence-corrected chi connectivity index (χ1v) is 8.20. The molecule has 1 saturated heterocycles. The van der Waals surface area contributed by atoms with Crippen molar-refractivity contribution in [1.29, 1.82) is 0 Å². The van der Waals surface area contributed by atoms with Gasteiger partial charge in [-0.25, -0.2) is 0 Å². The Labute approximate surface area is 129 Å². The SMILES string of the molecule is Nc1cccc(C(=O)N2CCSCC2c2ccccc2)c1. The third-order valence-corrected chi connectivity index (χ3v) is 4.73. The maximum atomic E-state index is 12.8. The van der Waals surface area contributed by atoms with Gasteiger partial charge in [0.1, 0.15) is 0 Å². The lowest BCUT2D eigenvalue weighted by molar-refractivity contribution is 0.0701. The number of rotatable bonds is 2. The molecule has 21 heavy (non-hydrogen) atoms. The summed E-state index contributed by atoms with van der Waals surface area (Å²) in [5.41, 5.74) is 8.29. The predicted molar refractivity (Wildman–Crippen MR) is 88.4 cm³/mol. The van der Waals surface area contributed by atoms with Gasteiger partial charge in [0.15, 0.2) is 0 Å². The summed E-state index contributed by atoms with van der Waals surface area (Å²) in [7, 11) is 0. The van der Waals surface area contributed by atoms with E-state index < -0.39 is 0 Å². The standard InChI is InChI=1S/C17H18N2OS/c18-15-8-4-7-14(11-15)17(20)19-9-10-21-12-16(19)13-5-2-1-3-6-13/h1-8,11,16H,9-10,12,18H2. The van der Waals surface area contributed by atoms with Crippen LogP contribution in [-0.2, 0) is 0 Å². The molecule has 1 aliphatic heterocycles. The lowest BCUT2D eigenvalue weighted by Gasteiger charge is -2.36. The van der Waals surface area contributed by atoms with Crippen molar-refractivity contribution in [3.8, 4) is 0 Å². The van der Waals surface area contributed by atoms with Gasteiger partial charge in [0.05, 0.1) is 6.04 Å². The van der Waals surface area contributed by atoms with Crippen molar-refractivity contribution in [2.45, 2.75) is 6.04 Å². The summed E-state index contributed by atoms with van der Waals surface area (Å²) in [4.78, 5) is 14.8. The van der Waals surface area contributed by atoms with Crippen LogP contribution in [0.1, 0.15) is 22.0 Å². The first-order chi connectivity index (χ1) is 10.3. The monoisotopic (exact) mass is 298 g/mol. The van der Waals surface area contributed by atoms with E-state index in [0.717, 1.165) is 18.1 Å². The van der Waals surface area contributed by atoms with Crippen molar-refractivity contribution < 1.29 is 4.79 Å². The lowest BCUT2D eigenvalue weighted by Crippen LogP contribution is -2.40. The van der Waals surface area contributed by atoms with Crippen molar-refractivity contribution in [2.24, 2.45) is 0 Å². The summed E-state index contributed by atoms with van der Waals surface area (Å²) in [5.74, 6) is 1.99. The van der Waals surface area contributed by atoms with Crippen LogP contribution in [0.4, 0.5) is 5.69 Å². The van der Waals surface area contributed by atoms with Gasteiger partial charge in [0, 0.05) is 29.3 Å². The third-order valence-electron chi connectivity index (χ3n) is 3.71. The van der Waals surface area contributed by atoms with Crippen LogP contribution in [0, 0.1) is 0 Å². The van der Waals surface area contributed by atoms with Gasteiger partial charge < -0.3 is 10.6 Å². The van der Waals surface area contributed by atoms with Crippen molar-refractivity contribution in [1.82, 2.24) is 4.90 Å². The van der Waals surface area contributed by atoms with E-state index in [9.17, 15) is 4.79 Å². The minimum atomic E-state index is 0.0662. The quantitative estimate of drug-likeness (QED) is 0.866. The molecule has 4 heteroatoms. The molecule has 1 heterocycles. The highest BCUT2D eigenvalue weighted by Gasteiger charge is 2.28. The van der Waals surface area contributed by atoms with Crippen LogP contribution in [0.3, 0.4) is 0 Å². The van der Waals surface area contributed by atoms with Crippen LogP contribution in [-0.4, -0.2) is 28.9 Å². The van der Waals surface area contributed by atoms with E-state index in [4.69, 9.17) is 5.73 Å². The Morgan fingerprint density at radius 1 is 1.14 bits per heavy atom. The van der Waals surface area contributed by atoms with Crippen molar-refractivity contribution in [3.05, 3.63) is 65.7 Å². The molecule has 3 nitrogen and oxygen atoms in total. The maximum Gasteiger partial charge on any atom is 0.254 e. The van der Waals surface area contributed by atoms with E-state index in [1.165, 1.54) is 5.56 Å². The number of amides is 1. The Morgan fingerprint density at radius 3 is 2.71 bits per heavy atom. The van der Waals surface area contributed by atoms with Crippen LogP contribution in [0.2, 0.25) is 0 Å². The van der Waals surface area contributed by atoms with Crippen LogP contribution in [0.5, 0.6) is 0 Å². The van der Waals surface area contributed by atoms with E-state index in [2.05, 4.69) is 12.1 Å². The maximum absolute atomic E-state index is 12.8. The van der Waals surface area contributed by atoms with E-state index >= 15 is 0 Å². The molecule has 1 fully saturated rings. The predicted octanol–water partition coefficient (Wildman–Crippen LogP) is 3.20. The molecule has 1 atom stereocenters. The van der Waals surface area contributed by atoms with Crippen LogP contribution in [0.25, 0.3) is 0 Å². The molecule has 0 radical (unpaired) electrons. The number of nitrogen functional groups attached to an aromatic ring is 1. The Balaban J connectivity index is 1.89. The molecular formula is C17H18N2OS. The molecule has 0 aliphatic carbocycles. The molecule has 0 bridgehead atoms. The smallest absolute Gasteiger partial charge is 0.254 e. The molecule has 0 saturated carbocycles. The Bertz CT molecular complexity index is 630. The Kier molecular flexibility index (Phi) is 4.15. The number of hydrogen-bond donors (Lipinski definition) is 1. The lowest BCUT2D eigenvalue weighted by atomic mass is 10.0. The van der Waals surface area contributed by atoms with Gasteiger partial charge in [-0.3, -0.25) is 4.79 Å². The zero-order valence-electron chi connectivity index (χ0n) is 11.7. The van der Waals surface area contributed by atoms with E-state index in [1.54, 1.807) is 12.1 Å². The van der Waals surface area contributed by atoms with Gasteiger partial charge >= 0.3 is 0 Å². The second-order valence-corrected chi connectivity index (χ2v) is 6.28. The number of carbonyl (C=O) groups excluding carboxylic acids is 1. The summed E-state index contributed by atoms with van der Waals surface area (Å²) >= 11 is 1.90. The van der Waals surface area contributed by atoms with Crippen molar-refractivity contribution in [3.63, 3.8) is 0 Å². The molecule has 1 amide bonds. The topological polar surface area (TPSA) is 46.3 Å². The number of benzene rings is 2. The first-order valence-electron chi connectivity index (χ1n) is 7.05. The number of nitrogens with zero attached hydrogens (tertiary/aromatic N) is 1. The molecule has 2 aromatic rings. The Hall–Kier alpha value is -1.94. The highest BCUT2D eigenvalue weighted by molar-refractivity contribution is 7.99. The van der Waals surface area contributed by atoms with Gasteiger partial charge in [-0.2, -0.15) is 11.8 Å². The summed E-state index contributed by atoms with van der Waals surface area (Å²) in [5, 5.41) is 0. The molecule has 0 aromatic heterocycles. The molecule has 1 aliphatic rings. The number of thioether (sulfide) groups is 1. The highest BCUT2D eigenvalue weighted by atomic mass is 32.2. The summed E-state index contributed by atoms with van der Waals surface area (Å²) in [6.45, 7) is 0.776. The van der Waals surface area contributed by atoms with Crippen molar-refractivity contribution >= 4 is 23.4 Å². The van der Waals surface area contributed by atoms with Gasteiger partial charge in [-0.05, 0) is 23.8 Å². The summed E-state index contributed by atoms with van der Waals surface area (Å²) < 4.78 is 0. The van der Waals surface area contributed by atoms with Gasteiger partial charge in [0.25, 0.3) is 5.91 Å². The fourth-order valence-corrected chi connectivity index (χ4v) is 3.72. The summed E-state index contributed by atoms with van der Waals surface area (Å²) in [6.07, 6.45) is 0. The zero-order chi connectivity index (χ0) is 14.7. The zero-order valence-corrected chi connectivity index (χ0v) is 12.6. The minimum absolute atomic E-state index is 0.0662. The molecule has 108 valence electrons. The number of hydrogen-bond acceptors (Lipinski definition) is 3. The molecular weight excluding hydrogens is 280 g/mol. The second-order valence-electron chi connectivity index (χ2n) is 5.13. The van der Waals surface area contributed by atoms with Gasteiger partial charge in [0.2, 0.25) is 0 Å². The van der Waals surface area contributed by atoms with Crippen molar-refractivity contribution in [2.75, 3.05) is 23.8 Å². The highest BCUT2D eigenvalue weighted by Crippen LogP contribution is 2.30. The van der Waals surface area contributed by atoms with Crippen LogP contribution >= 0.6 is 11.8 Å². The molecule has 3 rings (SSSR count). The largest absolute Gasteiger partial charge is 0.399 e. The third kappa shape index (κ3) is 3.05. The molecule has 2 N–H and O–H groups in total. The first kappa shape index (κ1) is 14.0. The fourth-order valence-electron chi connectivity index (χ4n) is 2.64. The van der Waals surface area contributed by atoms with E-state index in [0.29, 0.717) is 11.3 Å². The van der Waals surface area contributed by atoms with Crippen LogP contribution in [0.15, 0.2) is 54.6 Å². The van der Waals surface area contributed by atoms with E-state index in [-0.39, 0.29) is 11.9 Å². The average molecular weight is 298 g/mol. The molecule has 1 unspecified atom stereocenters. The number of carbonyl (C=O) groups is 1. The molecule has 2 aromatic carbocycles. The number of nitrogens with two attached hydrogens (primary N) is 1. The van der Waals surface area contributed by atoms with Gasteiger partial charge in [-0.15, -0.1) is 0 Å². The number of anilines is 1. The van der Waals surface area contributed by atoms with Gasteiger partial charge in [-0.1, -0.05) is 36.4 Å². The second kappa shape index (κ2) is 6.22. The van der Waals surface area contributed by atoms with Crippen LogP contribution < -0.4 is 5.73 Å². The normalized spacial score (nSPS) is 18.5. The fraction of sp³-hybridized carbons (Fsp3) is 0.235.